The van der Waals surface area contributed by atoms with Gasteiger partial charge in [0.2, 0.25) is 0 Å². The summed E-state index contributed by atoms with van der Waals surface area (Å²) in [7, 11) is 0. The summed E-state index contributed by atoms with van der Waals surface area (Å²) in [6.45, 7) is 0. The summed E-state index contributed by atoms with van der Waals surface area (Å²) in [5.41, 5.74) is 2.81. The molecule has 1 heterocycles. The van der Waals surface area contributed by atoms with Gasteiger partial charge in [-0.05, 0) is 18.2 Å². The SMILES string of the molecule is Clc1ccccc1-c1nccc(-c2ccccc2)n1. The Morgan fingerprint density at radius 1 is 0.789 bits per heavy atom. The highest BCUT2D eigenvalue weighted by atomic mass is 35.5. The minimum absolute atomic E-state index is 0.645. The molecule has 0 aliphatic heterocycles. The lowest BCUT2D eigenvalue weighted by atomic mass is 10.1. The predicted molar refractivity (Wildman–Crippen MR) is 77.9 cm³/mol. The van der Waals surface area contributed by atoms with Gasteiger partial charge in [-0.25, -0.2) is 9.97 Å². The van der Waals surface area contributed by atoms with Gasteiger partial charge in [-0.1, -0.05) is 54.1 Å². The highest BCUT2D eigenvalue weighted by Crippen LogP contribution is 2.26. The Morgan fingerprint density at radius 2 is 1.53 bits per heavy atom. The molecule has 0 saturated carbocycles. The molecule has 3 aromatic rings. The third-order valence-corrected chi connectivity index (χ3v) is 3.17. The number of nitrogens with zero attached hydrogens (tertiary/aromatic N) is 2. The lowest BCUT2D eigenvalue weighted by Gasteiger charge is -2.05. The molecule has 0 atom stereocenters. The van der Waals surface area contributed by atoms with Gasteiger partial charge in [-0.2, -0.15) is 0 Å². The van der Waals surface area contributed by atoms with Gasteiger partial charge in [0, 0.05) is 17.3 Å². The van der Waals surface area contributed by atoms with Crippen LogP contribution in [0, 0.1) is 0 Å². The molecule has 0 bridgehead atoms. The van der Waals surface area contributed by atoms with Crippen molar-refractivity contribution in [1.29, 1.82) is 0 Å². The summed E-state index contributed by atoms with van der Waals surface area (Å²) in [5, 5.41) is 0.660. The molecule has 0 aliphatic carbocycles. The van der Waals surface area contributed by atoms with Gasteiger partial charge < -0.3 is 0 Å². The van der Waals surface area contributed by atoms with Gasteiger partial charge in [-0.15, -0.1) is 0 Å². The van der Waals surface area contributed by atoms with Crippen LogP contribution in [0.3, 0.4) is 0 Å². The molecular formula is C16H11ClN2. The quantitative estimate of drug-likeness (QED) is 0.684. The second kappa shape index (κ2) is 5.21. The van der Waals surface area contributed by atoms with E-state index < -0.39 is 0 Å². The van der Waals surface area contributed by atoms with Crippen molar-refractivity contribution < 1.29 is 0 Å². The van der Waals surface area contributed by atoms with Crippen molar-refractivity contribution in [3.05, 3.63) is 71.9 Å². The van der Waals surface area contributed by atoms with E-state index in [2.05, 4.69) is 9.97 Å². The molecule has 92 valence electrons. The molecule has 0 N–H and O–H groups in total. The van der Waals surface area contributed by atoms with E-state index in [0.29, 0.717) is 10.8 Å². The Kier molecular flexibility index (Phi) is 3.25. The molecule has 0 unspecified atom stereocenters. The Hall–Kier alpha value is -2.19. The van der Waals surface area contributed by atoms with Crippen LogP contribution in [0.15, 0.2) is 66.9 Å². The van der Waals surface area contributed by atoms with E-state index in [0.717, 1.165) is 16.8 Å². The fourth-order valence-electron chi connectivity index (χ4n) is 1.90. The second-order valence-corrected chi connectivity index (χ2v) is 4.52. The van der Waals surface area contributed by atoms with Gasteiger partial charge in [0.25, 0.3) is 0 Å². The Labute approximate surface area is 116 Å². The zero-order valence-corrected chi connectivity index (χ0v) is 10.9. The normalized spacial score (nSPS) is 10.4. The third-order valence-electron chi connectivity index (χ3n) is 2.84. The van der Waals surface area contributed by atoms with Crippen molar-refractivity contribution in [2.45, 2.75) is 0 Å². The van der Waals surface area contributed by atoms with E-state index in [1.165, 1.54) is 0 Å². The van der Waals surface area contributed by atoms with Crippen LogP contribution in [0.5, 0.6) is 0 Å². The van der Waals surface area contributed by atoms with Crippen molar-refractivity contribution >= 4 is 11.6 Å². The maximum absolute atomic E-state index is 6.18. The monoisotopic (exact) mass is 266 g/mol. The summed E-state index contributed by atoms with van der Waals surface area (Å²) in [6.07, 6.45) is 1.76. The minimum Gasteiger partial charge on any atom is -0.236 e. The number of hydrogen-bond acceptors (Lipinski definition) is 2. The number of aromatic nitrogens is 2. The molecule has 19 heavy (non-hydrogen) atoms. The summed E-state index contributed by atoms with van der Waals surface area (Å²) < 4.78 is 0. The smallest absolute Gasteiger partial charge is 0.161 e. The highest BCUT2D eigenvalue weighted by Gasteiger charge is 2.07. The van der Waals surface area contributed by atoms with Crippen molar-refractivity contribution in [1.82, 2.24) is 9.97 Å². The number of hydrogen-bond donors (Lipinski definition) is 0. The van der Waals surface area contributed by atoms with E-state index in [-0.39, 0.29) is 0 Å². The molecule has 0 saturated heterocycles. The summed E-state index contributed by atoms with van der Waals surface area (Å²) in [4.78, 5) is 8.88. The van der Waals surface area contributed by atoms with E-state index in [4.69, 9.17) is 11.6 Å². The van der Waals surface area contributed by atoms with Crippen molar-refractivity contribution in [3.63, 3.8) is 0 Å². The summed E-state index contributed by atoms with van der Waals surface area (Å²) in [5.74, 6) is 0.645. The third kappa shape index (κ3) is 2.49. The Morgan fingerprint density at radius 3 is 2.32 bits per heavy atom. The fraction of sp³-hybridized carbons (Fsp3) is 0. The van der Waals surface area contributed by atoms with Crippen LogP contribution < -0.4 is 0 Å². The molecule has 3 heteroatoms. The first-order valence-electron chi connectivity index (χ1n) is 5.98. The number of rotatable bonds is 2. The van der Waals surface area contributed by atoms with Crippen molar-refractivity contribution in [2.24, 2.45) is 0 Å². The van der Waals surface area contributed by atoms with Crippen LogP contribution in [0.2, 0.25) is 5.02 Å². The lowest BCUT2D eigenvalue weighted by Crippen LogP contribution is -1.91. The minimum atomic E-state index is 0.645. The zero-order valence-electron chi connectivity index (χ0n) is 10.1. The molecule has 0 aliphatic rings. The maximum Gasteiger partial charge on any atom is 0.161 e. The first-order chi connectivity index (χ1) is 9.34. The summed E-state index contributed by atoms with van der Waals surface area (Å²) >= 11 is 6.18. The Bertz CT molecular complexity index is 696. The standard InChI is InChI=1S/C16H11ClN2/c17-14-9-5-4-8-13(14)16-18-11-10-15(19-16)12-6-2-1-3-7-12/h1-11H. The molecule has 1 aromatic heterocycles. The fourth-order valence-corrected chi connectivity index (χ4v) is 2.12. The van der Waals surface area contributed by atoms with Crippen LogP contribution in [0.4, 0.5) is 0 Å². The maximum atomic E-state index is 6.18. The molecule has 3 rings (SSSR count). The molecule has 2 aromatic carbocycles. The number of halogens is 1. The second-order valence-electron chi connectivity index (χ2n) is 4.11. The lowest BCUT2D eigenvalue weighted by molar-refractivity contribution is 1.18. The predicted octanol–water partition coefficient (Wildman–Crippen LogP) is 4.46. The van der Waals surface area contributed by atoms with Crippen LogP contribution in [0.1, 0.15) is 0 Å². The van der Waals surface area contributed by atoms with Crippen LogP contribution in [0.25, 0.3) is 22.6 Å². The largest absolute Gasteiger partial charge is 0.236 e. The van der Waals surface area contributed by atoms with Gasteiger partial charge in [0.15, 0.2) is 5.82 Å². The highest BCUT2D eigenvalue weighted by molar-refractivity contribution is 6.33. The van der Waals surface area contributed by atoms with Gasteiger partial charge in [-0.3, -0.25) is 0 Å². The van der Waals surface area contributed by atoms with Gasteiger partial charge >= 0.3 is 0 Å². The van der Waals surface area contributed by atoms with E-state index in [1.807, 2.05) is 60.7 Å². The van der Waals surface area contributed by atoms with E-state index >= 15 is 0 Å². The van der Waals surface area contributed by atoms with Crippen LogP contribution in [-0.2, 0) is 0 Å². The average Bonchev–Trinajstić information content (AvgIpc) is 2.49. The Balaban J connectivity index is 2.09. The molecule has 0 radical (unpaired) electrons. The molecular weight excluding hydrogens is 256 g/mol. The van der Waals surface area contributed by atoms with Gasteiger partial charge in [0.1, 0.15) is 0 Å². The van der Waals surface area contributed by atoms with Crippen LogP contribution >= 0.6 is 11.6 Å². The topological polar surface area (TPSA) is 25.8 Å². The van der Waals surface area contributed by atoms with E-state index in [9.17, 15) is 0 Å². The molecule has 2 nitrogen and oxygen atoms in total. The molecule has 0 amide bonds. The zero-order chi connectivity index (χ0) is 13.1. The number of benzene rings is 2. The van der Waals surface area contributed by atoms with Gasteiger partial charge in [0.05, 0.1) is 10.7 Å². The van der Waals surface area contributed by atoms with Crippen LogP contribution in [-0.4, -0.2) is 9.97 Å². The first kappa shape index (κ1) is 11.9. The molecule has 0 spiro atoms. The van der Waals surface area contributed by atoms with Crippen molar-refractivity contribution in [3.8, 4) is 22.6 Å². The van der Waals surface area contributed by atoms with Crippen molar-refractivity contribution in [2.75, 3.05) is 0 Å². The summed E-state index contributed by atoms with van der Waals surface area (Å²) in [6, 6.07) is 19.5. The average molecular weight is 267 g/mol. The molecule has 0 fully saturated rings. The first-order valence-corrected chi connectivity index (χ1v) is 6.36. The van der Waals surface area contributed by atoms with E-state index in [1.54, 1.807) is 6.20 Å².